The second-order valence-electron chi connectivity index (χ2n) is 1.00. The van der Waals surface area contributed by atoms with E-state index < -0.39 is 0 Å². The zero-order valence-electron chi connectivity index (χ0n) is 8.26. The van der Waals surface area contributed by atoms with E-state index in [-0.39, 0.29) is 58.2 Å². The molecule has 1 heteroatoms. The smallest absolute Gasteiger partial charge is 0 e. The maximum atomic E-state index is 2.99. The normalized spacial score (nSPS) is 8.00. The van der Waals surface area contributed by atoms with Gasteiger partial charge in [-0.05, 0) is 0 Å². The van der Waals surface area contributed by atoms with Crippen LogP contribution in [0, 0.1) is 43.2 Å². The van der Waals surface area contributed by atoms with Crippen LogP contribution in [0.1, 0.15) is 6.42 Å². The molecule has 1 rings (SSSR count). The number of rotatable bonds is 0. The van der Waals surface area contributed by atoms with Gasteiger partial charge in [0.15, 0.2) is 0 Å². The molecule has 0 N–H and O–H groups in total. The standard InChI is InChI=1S/C5H5.5CH3.Pt/c1-2-4-5-3-1;;;;;;/h1-3H,4H2;5*1H3;/q6*-1;. The quantitative estimate of drug-likeness (QED) is 0.594. The molecule has 0 nitrogen and oxygen atoms in total. The van der Waals surface area contributed by atoms with Gasteiger partial charge in [0.05, 0.1) is 0 Å². The predicted octanol–water partition coefficient (Wildman–Crippen LogP) is 3.55. The van der Waals surface area contributed by atoms with Gasteiger partial charge in [0.1, 0.15) is 0 Å². The minimum atomic E-state index is 0. The molecular weight excluding hydrogens is 315 g/mol. The zero-order valence-corrected chi connectivity index (χ0v) is 10.5. The van der Waals surface area contributed by atoms with Gasteiger partial charge in [0, 0.05) is 21.1 Å². The molecule has 0 aromatic carbocycles. The molecule has 0 amide bonds. The molecule has 0 unspecified atom stereocenters. The molecule has 1 aliphatic rings. The molecule has 0 saturated heterocycles. The SMILES string of the molecule is [C-]1=CC=CC1.[CH3-].[CH3-].[CH3-].[CH3-].[CH3-].[Pt]. The molecular formula is C10H20Pt-6. The Morgan fingerprint density at radius 2 is 1.36 bits per heavy atom. The Kier molecular flexibility index (Phi) is 126. The first kappa shape index (κ1) is 43.2. The maximum Gasteiger partial charge on any atom is 0 e. The molecule has 0 aromatic heterocycles. The first-order valence-electron chi connectivity index (χ1n) is 1.72. The first-order chi connectivity index (χ1) is 2.50. The summed E-state index contributed by atoms with van der Waals surface area (Å²) in [6.45, 7) is 0. The average Bonchev–Trinajstić information content (AvgIpc) is 1.76. The van der Waals surface area contributed by atoms with E-state index in [1.165, 1.54) is 0 Å². The molecule has 11 heavy (non-hydrogen) atoms. The predicted molar refractivity (Wildman–Crippen MR) is 53.6 cm³/mol. The Morgan fingerprint density at radius 3 is 1.45 bits per heavy atom. The van der Waals surface area contributed by atoms with Gasteiger partial charge in [-0.1, -0.05) is 0 Å². The van der Waals surface area contributed by atoms with Gasteiger partial charge in [-0.2, -0.15) is 6.08 Å². The van der Waals surface area contributed by atoms with Gasteiger partial charge < -0.3 is 37.1 Å². The molecule has 0 aromatic rings. The minimum absolute atomic E-state index is 0. The van der Waals surface area contributed by atoms with Crippen molar-refractivity contribution in [2.45, 2.75) is 6.42 Å². The first-order valence-corrected chi connectivity index (χ1v) is 1.72. The van der Waals surface area contributed by atoms with Crippen LogP contribution >= 0.6 is 0 Å². The Morgan fingerprint density at radius 1 is 0.909 bits per heavy atom. The molecule has 0 spiro atoms. The van der Waals surface area contributed by atoms with E-state index in [0.717, 1.165) is 6.42 Å². The van der Waals surface area contributed by atoms with Gasteiger partial charge in [-0.25, -0.2) is 12.2 Å². The monoisotopic (exact) mass is 335 g/mol. The largest absolute Gasteiger partial charge is 0.358 e. The maximum absolute atomic E-state index is 2.99. The van der Waals surface area contributed by atoms with Crippen LogP contribution in [-0.4, -0.2) is 0 Å². The van der Waals surface area contributed by atoms with E-state index in [9.17, 15) is 0 Å². The molecule has 0 fully saturated rings. The van der Waals surface area contributed by atoms with Crippen molar-refractivity contribution in [3.8, 4) is 0 Å². The second-order valence-corrected chi connectivity index (χ2v) is 1.00. The summed E-state index contributed by atoms with van der Waals surface area (Å²) < 4.78 is 0. The summed E-state index contributed by atoms with van der Waals surface area (Å²) >= 11 is 0. The number of hydrogen-bond donors (Lipinski definition) is 0. The summed E-state index contributed by atoms with van der Waals surface area (Å²) in [7, 11) is 0. The van der Waals surface area contributed by atoms with Crippen molar-refractivity contribution in [1.82, 2.24) is 0 Å². The van der Waals surface area contributed by atoms with E-state index in [2.05, 4.69) is 12.2 Å². The van der Waals surface area contributed by atoms with Crippen LogP contribution in [0.25, 0.3) is 0 Å². The Hall–Kier alpha value is 0.168. The Balaban J connectivity index is -0.0000000104. The summed E-state index contributed by atoms with van der Waals surface area (Å²) in [6.07, 6.45) is 10.0. The molecule has 0 aliphatic heterocycles. The van der Waals surface area contributed by atoms with E-state index >= 15 is 0 Å². The summed E-state index contributed by atoms with van der Waals surface area (Å²) in [5.74, 6) is 0. The van der Waals surface area contributed by atoms with E-state index in [0.29, 0.717) is 0 Å². The van der Waals surface area contributed by atoms with Crippen LogP contribution < -0.4 is 0 Å². The van der Waals surface area contributed by atoms with Crippen LogP contribution in [0.2, 0.25) is 0 Å². The molecule has 1 aliphatic carbocycles. The van der Waals surface area contributed by atoms with Crippen LogP contribution in [0.15, 0.2) is 18.2 Å². The third kappa shape index (κ3) is 25.4. The van der Waals surface area contributed by atoms with Gasteiger partial charge in [-0.15, -0.1) is 6.42 Å². The number of allylic oxidation sites excluding steroid dienone is 4. The fourth-order valence-electron chi connectivity index (χ4n) is 0.340. The van der Waals surface area contributed by atoms with E-state index in [1.807, 2.05) is 12.2 Å². The Bertz CT molecular complexity index is 62.9. The summed E-state index contributed by atoms with van der Waals surface area (Å²) in [5, 5.41) is 0. The molecule has 0 bridgehead atoms. The summed E-state index contributed by atoms with van der Waals surface area (Å²) in [5.41, 5.74) is 0. The fraction of sp³-hybridized carbons (Fsp3) is 0.100. The molecule has 76 valence electrons. The van der Waals surface area contributed by atoms with Crippen LogP contribution in [0.4, 0.5) is 0 Å². The third-order valence-corrected chi connectivity index (χ3v) is 0.586. The average molecular weight is 335 g/mol. The minimum Gasteiger partial charge on any atom is -0.358 e. The fourth-order valence-corrected chi connectivity index (χ4v) is 0.340. The van der Waals surface area contributed by atoms with Crippen LogP contribution in [-0.2, 0) is 21.1 Å². The van der Waals surface area contributed by atoms with Crippen molar-refractivity contribution in [2.24, 2.45) is 0 Å². The van der Waals surface area contributed by atoms with Crippen molar-refractivity contribution in [2.75, 3.05) is 0 Å². The van der Waals surface area contributed by atoms with Gasteiger partial charge in [0.25, 0.3) is 0 Å². The molecule has 0 heterocycles. The molecule has 0 radical (unpaired) electrons. The van der Waals surface area contributed by atoms with Crippen molar-refractivity contribution in [3.63, 3.8) is 0 Å². The van der Waals surface area contributed by atoms with Crippen molar-refractivity contribution in [1.29, 1.82) is 0 Å². The van der Waals surface area contributed by atoms with Crippen LogP contribution in [0.3, 0.4) is 0 Å². The van der Waals surface area contributed by atoms with E-state index in [4.69, 9.17) is 0 Å². The van der Waals surface area contributed by atoms with Crippen LogP contribution in [0.5, 0.6) is 0 Å². The second kappa shape index (κ2) is 32.0. The molecule has 0 saturated carbocycles. The van der Waals surface area contributed by atoms with Gasteiger partial charge >= 0.3 is 0 Å². The number of hydrogen-bond acceptors (Lipinski definition) is 0. The van der Waals surface area contributed by atoms with Crippen molar-refractivity contribution >= 4 is 0 Å². The summed E-state index contributed by atoms with van der Waals surface area (Å²) in [6, 6.07) is 0. The summed E-state index contributed by atoms with van der Waals surface area (Å²) in [4.78, 5) is 0. The Labute approximate surface area is 89.1 Å². The third-order valence-electron chi connectivity index (χ3n) is 0.586. The van der Waals surface area contributed by atoms with E-state index in [1.54, 1.807) is 0 Å². The zero-order chi connectivity index (χ0) is 3.54. The van der Waals surface area contributed by atoms with Crippen molar-refractivity contribution in [3.05, 3.63) is 61.4 Å². The molecule has 0 atom stereocenters. The van der Waals surface area contributed by atoms with Gasteiger partial charge in [0.2, 0.25) is 0 Å². The van der Waals surface area contributed by atoms with Crippen molar-refractivity contribution < 1.29 is 21.1 Å². The topological polar surface area (TPSA) is 0 Å². The van der Waals surface area contributed by atoms with Gasteiger partial charge in [-0.3, -0.25) is 6.08 Å².